The van der Waals surface area contributed by atoms with Crippen LogP contribution >= 0.6 is 7.82 Å². The summed E-state index contributed by atoms with van der Waals surface area (Å²) in [5.41, 5.74) is -5.00. The van der Waals surface area contributed by atoms with Crippen LogP contribution in [-0.4, -0.2) is 76.2 Å². The number of carboxylic acid groups (broad SMARTS) is 6. The van der Waals surface area contributed by atoms with Gasteiger partial charge in [-0.1, -0.05) is 0 Å². The first kappa shape index (κ1) is 40.8. The van der Waals surface area contributed by atoms with Crippen LogP contribution in [0.4, 0.5) is 0 Å². The van der Waals surface area contributed by atoms with Gasteiger partial charge in [0.1, 0.15) is 0 Å². The van der Waals surface area contributed by atoms with Gasteiger partial charge in [0.05, 0.1) is 0 Å². The van der Waals surface area contributed by atoms with Crippen molar-refractivity contribution in [3.63, 3.8) is 0 Å². The van der Waals surface area contributed by atoms with Gasteiger partial charge in [-0.2, -0.15) is 0 Å². The molecular weight excluding hydrogens is 474 g/mol. The van der Waals surface area contributed by atoms with Crippen molar-refractivity contribution in [3.8, 4) is 0 Å². The quantitative estimate of drug-likeness (QED) is 0.0978. The van der Waals surface area contributed by atoms with Gasteiger partial charge >= 0.3 is 54.7 Å². The summed E-state index contributed by atoms with van der Waals surface area (Å²) in [5, 5.41) is 49.4. The summed E-state index contributed by atoms with van der Waals surface area (Å²) in [6.45, 7) is 6.82. The topological polar surface area (TPSA) is 304 Å². The van der Waals surface area contributed by atoms with E-state index in [1.807, 2.05) is 0 Å². The van der Waals surface area contributed by atoms with Gasteiger partial charge in [0, 0.05) is 0 Å². The average molecular weight is 500 g/mol. The number of carbonyl (C=O) groups is 6. The zero-order chi connectivity index (χ0) is 27.5. The molecule has 16 nitrogen and oxygen atoms in total. The van der Waals surface area contributed by atoms with Gasteiger partial charge in [-0.25, -0.2) is 0 Å². The van der Waals surface area contributed by atoms with Gasteiger partial charge in [-0.05, 0) is 41.5 Å². The van der Waals surface area contributed by atoms with Crippen LogP contribution in [-0.2, 0) is 33.3 Å². The molecule has 0 atom stereocenters. The Balaban J connectivity index is -0.000000107. The number of aliphatic carboxylic acids is 6. The number of phosphoric acid groups is 1. The Hall–Kier alpha value is -2.47. The molecule has 188 valence electrons. The molecule has 0 heterocycles. The molecule has 0 aliphatic heterocycles. The third kappa shape index (κ3) is 19.9. The van der Waals surface area contributed by atoms with E-state index in [1.165, 1.54) is 0 Å². The van der Waals surface area contributed by atoms with Crippen LogP contribution in [0.2, 0.25) is 0 Å². The molecule has 18 heteroatoms. The van der Waals surface area contributed by atoms with Crippen LogP contribution in [0.25, 0.3) is 0 Å². The molecule has 0 fully saturated rings. The molecule has 0 aliphatic rings. The molecule has 0 bridgehead atoms. The Kier molecular flexibility index (Phi) is 19.0. The van der Waals surface area contributed by atoms with Crippen LogP contribution in [0, 0.1) is 16.2 Å². The van der Waals surface area contributed by atoms with Gasteiger partial charge in [-0.3, -0.25) is 33.3 Å². The van der Waals surface area contributed by atoms with Crippen molar-refractivity contribution < 1.29 is 97.5 Å². The van der Waals surface area contributed by atoms with E-state index < -0.39 is 59.9 Å². The van der Waals surface area contributed by atoms with E-state index in [4.69, 9.17) is 49.9 Å². The van der Waals surface area contributed by atoms with Crippen molar-refractivity contribution in [1.82, 2.24) is 0 Å². The summed E-state index contributed by atoms with van der Waals surface area (Å²) in [6.07, 6.45) is 0. The molecule has 0 aromatic carbocycles. The van der Waals surface area contributed by atoms with E-state index in [9.17, 15) is 28.8 Å². The molecular formula is C15H26LiO16P. The molecule has 8 N–H and O–H groups in total. The standard InChI is InChI=1S/3C5H8O4.Li.H3O4P/c3*1-5(2,3(6)7)4(8)9;;1-5(2,3)4/h3*1-2H3,(H,6,7)(H,8,9);;(H3,1,2,3,4)/q;;;+1;/p-1. The Labute approximate surface area is 199 Å². The minimum absolute atomic E-state index is 0. The molecule has 0 unspecified atom stereocenters. The fraction of sp³-hybridized carbons (Fsp3) is 0.600. The Morgan fingerprint density at radius 3 is 0.576 bits per heavy atom. The first-order chi connectivity index (χ1) is 13.7. The average Bonchev–Trinajstić information content (AvgIpc) is 2.53. The van der Waals surface area contributed by atoms with Gasteiger partial charge in [0.2, 0.25) is 0 Å². The molecule has 0 radical (unpaired) electrons. The summed E-state index contributed by atoms with van der Waals surface area (Å²) in [6, 6.07) is 0. The first-order valence-electron chi connectivity index (χ1n) is 7.83. The van der Waals surface area contributed by atoms with Crippen LogP contribution in [0.3, 0.4) is 0 Å². The van der Waals surface area contributed by atoms with E-state index in [2.05, 4.69) is 0 Å². The zero-order valence-corrected chi connectivity index (χ0v) is 19.7. The molecule has 0 saturated heterocycles. The predicted molar refractivity (Wildman–Crippen MR) is 99.2 cm³/mol. The van der Waals surface area contributed by atoms with Crippen LogP contribution in [0.5, 0.6) is 0 Å². The summed E-state index contributed by atoms with van der Waals surface area (Å²) in [7, 11) is -4.89. The summed E-state index contributed by atoms with van der Waals surface area (Å²) in [4.78, 5) is 83.4. The van der Waals surface area contributed by atoms with Crippen LogP contribution in [0.15, 0.2) is 0 Å². The second-order valence-corrected chi connectivity index (χ2v) is 8.18. The summed E-state index contributed by atoms with van der Waals surface area (Å²) >= 11 is 0. The normalized spacial score (nSPS) is 10.7. The van der Waals surface area contributed by atoms with Gasteiger partial charge in [0.15, 0.2) is 16.2 Å². The Morgan fingerprint density at radius 1 is 0.515 bits per heavy atom. The van der Waals surface area contributed by atoms with Crippen molar-refractivity contribution in [3.05, 3.63) is 0 Å². The maximum absolute atomic E-state index is 10.1. The smallest absolute Gasteiger partial charge is 0.756 e. The predicted octanol–water partition coefficient (Wildman–Crippen LogP) is -4.01. The van der Waals surface area contributed by atoms with Gasteiger partial charge < -0.3 is 45.3 Å². The fourth-order valence-corrected chi connectivity index (χ4v) is 0.274. The van der Waals surface area contributed by atoms with Crippen molar-refractivity contribution in [2.75, 3.05) is 0 Å². The third-order valence-electron chi connectivity index (χ3n) is 3.21. The molecule has 0 aromatic heterocycles. The number of hydrogen-bond donors (Lipinski definition) is 8. The second-order valence-electron chi connectivity index (χ2n) is 7.20. The third-order valence-corrected chi connectivity index (χ3v) is 3.21. The largest absolute Gasteiger partial charge is 1.00 e. The molecule has 0 amide bonds. The maximum Gasteiger partial charge on any atom is 1.00 e. The Bertz CT molecular complexity index is 622. The van der Waals surface area contributed by atoms with E-state index in [1.54, 1.807) is 0 Å². The van der Waals surface area contributed by atoms with Gasteiger partial charge in [-0.15, -0.1) is 0 Å². The molecule has 0 aromatic rings. The SMILES string of the molecule is CC(C)(C(=O)O)C(=O)O.CC(C)(C(=O)O)C(=O)O.CC(C)(C(=O)O)C(=O)O.O=P([O-])(O)O.[Li+]. The molecule has 0 rings (SSSR count). The maximum atomic E-state index is 10.1. The molecule has 33 heavy (non-hydrogen) atoms. The van der Waals surface area contributed by atoms with E-state index in [-0.39, 0.29) is 18.9 Å². The zero-order valence-electron chi connectivity index (χ0n) is 18.8. The monoisotopic (exact) mass is 500 g/mol. The van der Waals surface area contributed by atoms with E-state index in [0.29, 0.717) is 0 Å². The van der Waals surface area contributed by atoms with E-state index in [0.717, 1.165) is 41.5 Å². The first-order valence-corrected chi connectivity index (χ1v) is 9.36. The summed E-state index contributed by atoms with van der Waals surface area (Å²) in [5.74, 6) is -7.94. The van der Waals surface area contributed by atoms with Crippen molar-refractivity contribution in [1.29, 1.82) is 0 Å². The van der Waals surface area contributed by atoms with Gasteiger partial charge in [0.25, 0.3) is 7.82 Å². The summed E-state index contributed by atoms with van der Waals surface area (Å²) < 4.78 is 8.77. The van der Waals surface area contributed by atoms with Crippen molar-refractivity contribution in [2.24, 2.45) is 16.2 Å². The number of hydrogen-bond acceptors (Lipinski definition) is 8. The minimum Gasteiger partial charge on any atom is -0.756 e. The molecule has 0 saturated carbocycles. The van der Waals surface area contributed by atoms with Crippen LogP contribution in [0.1, 0.15) is 41.5 Å². The number of rotatable bonds is 6. The molecule has 0 spiro atoms. The fourth-order valence-electron chi connectivity index (χ4n) is 0.274. The molecule has 0 aliphatic carbocycles. The second kappa shape index (κ2) is 15.4. The Morgan fingerprint density at radius 2 is 0.576 bits per heavy atom. The van der Waals surface area contributed by atoms with Crippen molar-refractivity contribution >= 4 is 43.6 Å². The van der Waals surface area contributed by atoms with Crippen molar-refractivity contribution in [2.45, 2.75) is 41.5 Å². The minimum atomic E-state index is -4.89. The van der Waals surface area contributed by atoms with E-state index >= 15 is 0 Å². The number of carboxylic acids is 6. The van der Waals surface area contributed by atoms with Crippen LogP contribution < -0.4 is 23.8 Å².